The maximum atomic E-state index is 13.5. The Morgan fingerprint density at radius 2 is 1.76 bits per heavy atom. The summed E-state index contributed by atoms with van der Waals surface area (Å²) in [5.41, 5.74) is 3.76. The molecular weight excluding hydrogens is 376 g/mol. The van der Waals surface area contributed by atoms with Crippen LogP contribution in [0.2, 0.25) is 0 Å². The molecule has 1 saturated heterocycles. The number of morpholine rings is 1. The Labute approximate surface area is 170 Å². The molecule has 0 amide bonds. The van der Waals surface area contributed by atoms with Gasteiger partial charge in [0, 0.05) is 43.9 Å². The zero-order valence-electron chi connectivity index (χ0n) is 17.2. The maximum absolute atomic E-state index is 13.5. The van der Waals surface area contributed by atoms with Crippen LogP contribution in [0.4, 0.5) is 8.78 Å². The third-order valence-electron chi connectivity index (χ3n) is 5.84. The van der Waals surface area contributed by atoms with E-state index in [1.807, 2.05) is 26.0 Å². The normalized spacial score (nSPS) is 20.8. The van der Waals surface area contributed by atoms with Crippen molar-refractivity contribution in [2.45, 2.75) is 58.4 Å². The van der Waals surface area contributed by atoms with Gasteiger partial charge in [0.25, 0.3) is 5.95 Å². The van der Waals surface area contributed by atoms with E-state index < -0.39 is 5.92 Å². The summed E-state index contributed by atoms with van der Waals surface area (Å²) in [6, 6.07) is 4.04. The van der Waals surface area contributed by atoms with Crippen LogP contribution in [0.3, 0.4) is 0 Å². The first-order valence-corrected chi connectivity index (χ1v) is 10.5. The first-order valence-electron chi connectivity index (χ1n) is 10.5. The first-order chi connectivity index (χ1) is 13.9. The molecule has 2 fully saturated rings. The van der Waals surface area contributed by atoms with E-state index in [9.17, 15) is 8.78 Å². The number of ether oxygens (including phenoxy) is 1. The van der Waals surface area contributed by atoms with E-state index in [0.717, 1.165) is 55.6 Å². The molecule has 2 aromatic heterocycles. The fourth-order valence-electron chi connectivity index (χ4n) is 4.24. The highest BCUT2D eigenvalue weighted by molar-refractivity contribution is 5.23. The molecule has 29 heavy (non-hydrogen) atoms. The number of hydrogen-bond donors (Lipinski definition) is 0. The molecule has 0 atom stereocenters. The summed E-state index contributed by atoms with van der Waals surface area (Å²) >= 11 is 0. The average molecular weight is 405 g/mol. The quantitative estimate of drug-likeness (QED) is 0.762. The molecule has 1 aliphatic carbocycles. The molecule has 3 heterocycles. The van der Waals surface area contributed by atoms with Crippen molar-refractivity contribution in [1.82, 2.24) is 24.6 Å². The lowest BCUT2D eigenvalue weighted by atomic mass is 9.84. The molecule has 1 aliphatic heterocycles. The van der Waals surface area contributed by atoms with Crippen molar-refractivity contribution in [3.8, 4) is 5.95 Å². The summed E-state index contributed by atoms with van der Waals surface area (Å²) in [6.45, 7) is 7.90. The minimum Gasteiger partial charge on any atom is -0.379 e. The molecule has 0 bridgehead atoms. The number of halogens is 2. The van der Waals surface area contributed by atoms with Crippen LogP contribution in [0, 0.1) is 19.8 Å². The van der Waals surface area contributed by atoms with Crippen LogP contribution in [0.25, 0.3) is 5.95 Å². The fraction of sp³-hybridized carbons (Fsp3) is 0.667. The average Bonchev–Trinajstić information content (AvgIpc) is 3.02. The van der Waals surface area contributed by atoms with Crippen molar-refractivity contribution in [3.05, 3.63) is 34.9 Å². The fourth-order valence-corrected chi connectivity index (χ4v) is 4.24. The molecule has 4 rings (SSSR count). The van der Waals surface area contributed by atoms with Gasteiger partial charge in [-0.3, -0.25) is 4.90 Å². The first kappa shape index (κ1) is 20.3. The lowest BCUT2D eigenvalue weighted by molar-refractivity contribution is -0.0457. The Kier molecular flexibility index (Phi) is 5.92. The SMILES string of the molecule is Cc1cc(C)n(-c2nc(CC3CCC(F)(F)CC3)cc(CN3CCOCC3)n2)n1. The monoisotopic (exact) mass is 405 g/mol. The number of nitrogens with zero attached hydrogens (tertiary/aromatic N) is 5. The van der Waals surface area contributed by atoms with Crippen LogP contribution in [-0.4, -0.2) is 56.9 Å². The predicted octanol–water partition coefficient (Wildman–Crippen LogP) is 3.48. The minimum atomic E-state index is -2.50. The third-order valence-corrected chi connectivity index (χ3v) is 5.84. The van der Waals surface area contributed by atoms with E-state index in [1.54, 1.807) is 4.68 Å². The van der Waals surface area contributed by atoms with Crippen molar-refractivity contribution >= 4 is 0 Å². The van der Waals surface area contributed by atoms with Crippen molar-refractivity contribution in [1.29, 1.82) is 0 Å². The summed E-state index contributed by atoms with van der Waals surface area (Å²) in [5, 5.41) is 4.53. The second-order valence-corrected chi connectivity index (χ2v) is 8.38. The Morgan fingerprint density at radius 3 is 2.41 bits per heavy atom. The Morgan fingerprint density at radius 1 is 1.07 bits per heavy atom. The van der Waals surface area contributed by atoms with Gasteiger partial charge in [-0.05, 0) is 51.2 Å². The van der Waals surface area contributed by atoms with Gasteiger partial charge < -0.3 is 4.74 Å². The predicted molar refractivity (Wildman–Crippen MR) is 105 cm³/mol. The van der Waals surface area contributed by atoms with Gasteiger partial charge in [0.2, 0.25) is 5.92 Å². The van der Waals surface area contributed by atoms with Crippen LogP contribution in [0.1, 0.15) is 48.5 Å². The summed E-state index contributed by atoms with van der Waals surface area (Å²) < 4.78 is 34.3. The van der Waals surface area contributed by atoms with E-state index in [1.165, 1.54) is 0 Å². The lowest BCUT2D eigenvalue weighted by Gasteiger charge is -2.28. The Hall–Kier alpha value is -1.93. The van der Waals surface area contributed by atoms with Gasteiger partial charge >= 0.3 is 0 Å². The van der Waals surface area contributed by atoms with Gasteiger partial charge in [0.05, 0.1) is 24.6 Å². The third kappa shape index (κ3) is 5.17. The standard InChI is InChI=1S/C21H29F2N5O/c1-15-11-16(2)28(26-15)20-24-18(12-17-3-5-21(22,23)6-4-17)13-19(25-20)14-27-7-9-29-10-8-27/h11,13,17H,3-10,12,14H2,1-2H3. The van der Waals surface area contributed by atoms with E-state index in [0.29, 0.717) is 25.2 Å². The summed E-state index contributed by atoms with van der Waals surface area (Å²) in [6.07, 6.45) is 1.76. The van der Waals surface area contributed by atoms with Gasteiger partial charge in [0.15, 0.2) is 0 Å². The second kappa shape index (κ2) is 8.44. The largest absolute Gasteiger partial charge is 0.379 e. The molecule has 0 aromatic carbocycles. The van der Waals surface area contributed by atoms with Gasteiger partial charge in [-0.15, -0.1) is 0 Å². The minimum absolute atomic E-state index is 0.0201. The lowest BCUT2D eigenvalue weighted by Crippen LogP contribution is -2.36. The molecule has 158 valence electrons. The van der Waals surface area contributed by atoms with Crippen LogP contribution < -0.4 is 0 Å². The Balaban J connectivity index is 1.58. The summed E-state index contributed by atoms with van der Waals surface area (Å²) in [5.74, 6) is -1.69. The van der Waals surface area contributed by atoms with E-state index in [-0.39, 0.29) is 18.8 Å². The van der Waals surface area contributed by atoms with Gasteiger partial charge in [0.1, 0.15) is 0 Å². The molecule has 6 nitrogen and oxygen atoms in total. The number of aryl methyl sites for hydroxylation is 2. The molecule has 1 saturated carbocycles. The van der Waals surface area contributed by atoms with E-state index in [4.69, 9.17) is 14.7 Å². The molecule has 0 spiro atoms. The van der Waals surface area contributed by atoms with Crippen molar-refractivity contribution in [2.75, 3.05) is 26.3 Å². The van der Waals surface area contributed by atoms with Gasteiger partial charge in [-0.2, -0.15) is 5.10 Å². The van der Waals surface area contributed by atoms with Gasteiger partial charge in [-0.1, -0.05) is 0 Å². The highest BCUT2D eigenvalue weighted by Gasteiger charge is 2.35. The smallest absolute Gasteiger partial charge is 0.251 e. The highest BCUT2D eigenvalue weighted by Crippen LogP contribution is 2.37. The second-order valence-electron chi connectivity index (χ2n) is 8.38. The molecule has 2 aromatic rings. The maximum Gasteiger partial charge on any atom is 0.251 e. The molecule has 2 aliphatic rings. The highest BCUT2D eigenvalue weighted by atomic mass is 19.3. The number of alkyl halides is 2. The van der Waals surface area contributed by atoms with Crippen molar-refractivity contribution < 1.29 is 13.5 Å². The zero-order chi connectivity index (χ0) is 20.4. The number of hydrogen-bond acceptors (Lipinski definition) is 5. The van der Waals surface area contributed by atoms with Crippen LogP contribution in [-0.2, 0) is 17.7 Å². The Bertz CT molecular complexity index is 838. The van der Waals surface area contributed by atoms with Crippen molar-refractivity contribution in [2.24, 2.45) is 5.92 Å². The van der Waals surface area contributed by atoms with Crippen LogP contribution in [0.15, 0.2) is 12.1 Å². The topological polar surface area (TPSA) is 56.1 Å². The van der Waals surface area contributed by atoms with Gasteiger partial charge in [-0.25, -0.2) is 23.4 Å². The molecule has 8 heteroatoms. The number of rotatable bonds is 5. The molecular formula is C21H29F2N5O. The summed E-state index contributed by atoms with van der Waals surface area (Å²) in [7, 11) is 0. The summed E-state index contributed by atoms with van der Waals surface area (Å²) in [4.78, 5) is 11.9. The van der Waals surface area contributed by atoms with Crippen LogP contribution >= 0.6 is 0 Å². The van der Waals surface area contributed by atoms with E-state index >= 15 is 0 Å². The van der Waals surface area contributed by atoms with Crippen molar-refractivity contribution in [3.63, 3.8) is 0 Å². The molecule has 0 N–H and O–H groups in total. The zero-order valence-corrected chi connectivity index (χ0v) is 17.2. The van der Waals surface area contributed by atoms with E-state index in [2.05, 4.69) is 10.00 Å². The molecule has 0 unspecified atom stereocenters. The number of aromatic nitrogens is 4. The van der Waals surface area contributed by atoms with Crippen LogP contribution in [0.5, 0.6) is 0 Å². The molecule has 0 radical (unpaired) electrons.